The molecular weight excluding hydrogens is 266 g/mol. The molecule has 3 rings (SSSR count). The summed E-state index contributed by atoms with van der Waals surface area (Å²) in [7, 11) is 0. The number of hydrogen-bond acceptors (Lipinski definition) is 4. The van der Waals surface area contributed by atoms with E-state index >= 15 is 0 Å². The number of nitrogens with zero attached hydrogens (tertiary/aromatic N) is 2. The molecule has 0 radical (unpaired) electrons. The Morgan fingerprint density at radius 1 is 1.40 bits per heavy atom. The fraction of sp³-hybridized carbons (Fsp3) is 0.438. The Morgan fingerprint density at radius 2 is 2.25 bits per heavy atom. The monoisotopic (exact) mass is 287 g/mol. The smallest absolute Gasteiger partial charge is 0.190 e. The number of para-hydroxylation sites is 1. The van der Waals surface area contributed by atoms with Gasteiger partial charge in [-0.2, -0.15) is 0 Å². The molecule has 20 heavy (non-hydrogen) atoms. The van der Waals surface area contributed by atoms with Gasteiger partial charge in [-0.1, -0.05) is 32.0 Å². The second-order valence-electron chi connectivity index (χ2n) is 5.44. The summed E-state index contributed by atoms with van der Waals surface area (Å²) in [5, 5.41) is 4.48. The molecule has 1 N–H and O–H groups in total. The summed E-state index contributed by atoms with van der Waals surface area (Å²) in [6.45, 7) is 7.42. The van der Waals surface area contributed by atoms with Gasteiger partial charge in [0.1, 0.15) is 0 Å². The van der Waals surface area contributed by atoms with Crippen molar-refractivity contribution in [1.29, 1.82) is 0 Å². The van der Waals surface area contributed by atoms with E-state index in [1.807, 2.05) is 6.20 Å². The summed E-state index contributed by atoms with van der Waals surface area (Å²) < 4.78 is 0. The molecule has 2 aromatic rings. The number of fused-ring (bicyclic) bond motifs is 1. The number of nitrogens with one attached hydrogen (secondary N) is 1. The van der Waals surface area contributed by atoms with Crippen LogP contribution in [-0.4, -0.2) is 18.1 Å². The molecule has 1 aromatic carbocycles. The van der Waals surface area contributed by atoms with E-state index in [-0.39, 0.29) is 0 Å². The first-order chi connectivity index (χ1) is 9.78. The Labute approximate surface area is 124 Å². The van der Waals surface area contributed by atoms with Gasteiger partial charge < -0.3 is 10.2 Å². The van der Waals surface area contributed by atoms with Crippen molar-refractivity contribution in [3.63, 3.8) is 0 Å². The third-order valence-corrected chi connectivity index (χ3v) is 4.69. The molecule has 1 unspecified atom stereocenters. The second kappa shape index (κ2) is 5.94. The van der Waals surface area contributed by atoms with E-state index < -0.39 is 0 Å². The van der Waals surface area contributed by atoms with Crippen LogP contribution in [0.5, 0.6) is 0 Å². The van der Waals surface area contributed by atoms with Crippen molar-refractivity contribution in [3.05, 3.63) is 40.9 Å². The van der Waals surface area contributed by atoms with Crippen molar-refractivity contribution in [2.45, 2.75) is 26.8 Å². The fourth-order valence-electron chi connectivity index (χ4n) is 2.73. The van der Waals surface area contributed by atoms with Crippen molar-refractivity contribution in [1.82, 2.24) is 10.3 Å². The van der Waals surface area contributed by atoms with Gasteiger partial charge in [-0.15, -0.1) is 11.3 Å². The SMILES string of the molecule is CCNCc1cnc(N2CC(C)Cc3ccccc32)s1. The Morgan fingerprint density at radius 3 is 3.10 bits per heavy atom. The summed E-state index contributed by atoms with van der Waals surface area (Å²) in [5.74, 6) is 0.672. The molecule has 0 fully saturated rings. The normalized spacial score (nSPS) is 18.1. The van der Waals surface area contributed by atoms with Gasteiger partial charge in [0, 0.05) is 29.9 Å². The minimum Gasteiger partial charge on any atom is -0.317 e. The molecule has 1 aliphatic rings. The molecule has 0 spiro atoms. The van der Waals surface area contributed by atoms with Crippen LogP contribution in [0.1, 0.15) is 24.3 Å². The lowest BCUT2D eigenvalue weighted by Crippen LogP contribution is -2.30. The van der Waals surface area contributed by atoms with E-state index in [0.717, 1.165) is 24.8 Å². The van der Waals surface area contributed by atoms with Crippen LogP contribution < -0.4 is 10.2 Å². The number of hydrogen-bond donors (Lipinski definition) is 1. The number of rotatable bonds is 4. The maximum absolute atomic E-state index is 4.63. The molecule has 0 saturated heterocycles. The molecule has 1 aliphatic heterocycles. The first-order valence-electron chi connectivity index (χ1n) is 7.28. The highest BCUT2D eigenvalue weighted by atomic mass is 32.1. The topological polar surface area (TPSA) is 28.2 Å². The van der Waals surface area contributed by atoms with Crippen molar-refractivity contribution in [2.24, 2.45) is 5.92 Å². The zero-order chi connectivity index (χ0) is 13.9. The quantitative estimate of drug-likeness (QED) is 0.931. The zero-order valence-corrected chi connectivity index (χ0v) is 12.9. The number of anilines is 2. The van der Waals surface area contributed by atoms with Crippen LogP contribution in [-0.2, 0) is 13.0 Å². The average Bonchev–Trinajstić information content (AvgIpc) is 2.93. The van der Waals surface area contributed by atoms with E-state index in [1.165, 1.54) is 22.5 Å². The van der Waals surface area contributed by atoms with Gasteiger partial charge >= 0.3 is 0 Å². The van der Waals surface area contributed by atoms with Gasteiger partial charge in [0.25, 0.3) is 0 Å². The molecule has 3 nitrogen and oxygen atoms in total. The molecule has 106 valence electrons. The standard InChI is InChI=1S/C16H21N3S/c1-3-17-9-14-10-18-16(20-14)19-11-12(2)8-13-6-4-5-7-15(13)19/h4-7,10,12,17H,3,8-9,11H2,1-2H3. The zero-order valence-electron chi connectivity index (χ0n) is 12.1. The third-order valence-electron chi connectivity index (χ3n) is 3.67. The molecule has 1 aromatic heterocycles. The van der Waals surface area contributed by atoms with Gasteiger partial charge in [-0.05, 0) is 30.5 Å². The predicted molar refractivity (Wildman–Crippen MR) is 85.8 cm³/mol. The van der Waals surface area contributed by atoms with E-state index in [4.69, 9.17) is 0 Å². The van der Waals surface area contributed by atoms with Gasteiger partial charge in [-0.3, -0.25) is 0 Å². The minimum atomic E-state index is 0.672. The lowest BCUT2D eigenvalue weighted by atomic mass is 9.94. The maximum Gasteiger partial charge on any atom is 0.190 e. The van der Waals surface area contributed by atoms with E-state index in [1.54, 1.807) is 11.3 Å². The number of benzene rings is 1. The summed E-state index contributed by atoms with van der Waals surface area (Å²) in [6.07, 6.45) is 3.17. The summed E-state index contributed by atoms with van der Waals surface area (Å²) in [5.41, 5.74) is 2.77. The van der Waals surface area contributed by atoms with Crippen LogP contribution in [0.25, 0.3) is 0 Å². The molecule has 0 bridgehead atoms. The van der Waals surface area contributed by atoms with E-state index in [9.17, 15) is 0 Å². The van der Waals surface area contributed by atoms with E-state index in [2.05, 4.69) is 53.3 Å². The first kappa shape index (κ1) is 13.6. The van der Waals surface area contributed by atoms with Crippen LogP contribution in [0.3, 0.4) is 0 Å². The van der Waals surface area contributed by atoms with Crippen LogP contribution in [0, 0.1) is 5.92 Å². The Balaban J connectivity index is 1.88. The summed E-state index contributed by atoms with van der Waals surface area (Å²) in [4.78, 5) is 8.31. The van der Waals surface area contributed by atoms with Crippen molar-refractivity contribution >= 4 is 22.2 Å². The van der Waals surface area contributed by atoms with Crippen molar-refractivity contribution in [3.8, 4) is 0 Å². The van der Waals surface area contributed by atoms with Crippen LogP contribution in [0.2, 0.25) is 0 Å². The molecule has 4 heteroatoms. The molecule has 0 amide bonds. The Kier molecular flexibility index (Phi) is 4.03. The fourth-order valence-corrected chi connectivity index (χ4v) is 3.63. The van der Waals surface area contributed by atoms with Gasteiger partial charge in [-0.25, -0.2) is 4.98 Å². The number of thiazole rings is 1. The van der Waals surface area contributed by atoms with Gasteiger partial charge in [0.05, 0.1) is 0 Å². The van der Waals surface area contributed by atoms with Crippen LogP contribution in [0.15, 0.2) is 30.5 Å². The number of aromatic nitrogens is 1. The largest absolute Gasteiger partial charge is 0.317 e. The lowest BCUT2D eigenvalue weighted by molar-refractivity contribution is 0.562. The highest BCUT2D eigenvalue weighted by Gasteiger charge is 2.24. The lowest BCUT2D eigenvalue weighted by Gasteiger charge is -2.32. The van der Waals surface area contributed by atoms with Crippen LogP contribution >= 0.6 is 11.3 Å². The molecule has 2 heterocycles. The predicted octanol–water partition coefficient (Wildman–Crippen LogP) is 3.58. The highest BCUT2D eigenvalue weighted by Crippen LogP contribution is 2.36. The average molecular weight is 287 g/mol. The van der Waals surface area contributed by atoms with E-state index in [0.29, 0.717) is 5.92 Å². The minimum absolute atomic E-state index is 0.672. The van der Waals surface area contributed by atoms with Crippen LogP contribution in [0.4, 0.5) is 10.8 Å². The summed E-state index contributed by atoms with van der Waals surface area (Å²) in [6, 6.07) is 8.71. The highest BCUT2D eigenvalue weighted by molar-refractivity contribution is 7.15. The third kappa shape index (κ3) is 2.72. The molecule has 1 atom stereocenters. The second-order valence-corrected chi connectivity index (χ2v) is 6.53. The van der Waals surface area contributed by atoms with Crippen molar-refractivity contribution < 1.29 is 0 Å². The Bertz CT molecular complexity index is 579. The van der Waals surface area contributed by atoms with Crippen molar-refractivity contribution in [2.75, 3.05) is 18.0 Å². The Hall–Kier alpha value is -1.39. The molecule has 0 saturated carbocycles. The molecular formula is C16H21N3S. The molecule has 0 aliphatic carbocycles. The van der Waals surface area contributed by atoms with Gasteiger partial charge in [0.2, 0.25) is 0 Å². The first-order valence-corrected chi connectivity index (χ1v) is 8.10. The maximum atomic E-state index is 4.63. The summed E-state index contributed by atoms with van der Waals surface area (Å²) >= 11 is 1.80. The van der Waals surface area contributed by atoms with Gasteiger partial charge in [0.15, 0.2) is 5.13 Å².